The lowest BCUT2D eigenvalue weighted by molar-refractivity contribution is -0.138. The monoisotopic (exact) mass is 468 g/mol. The highest BCUT2D eigenvalue weighted by molar-refractivity contribution is 7.99. The SMILES string of the molecule is COc1ccc(CSCC(=O)N(CCc2ccccc2)[C@H](C)C(=O)NC2CCCCC2)cc1. The number of carbonyl (C=O) groups excluding carboxylic acids is 2. The van der Waals surface area contributed by atoms with Gasteiger partial charge in [0.05, 0.1) is 12.9 Å². The molecule has 0 heterocycles. The molecule has 178 valence electrons. The molecule has 2 aromatic carbocycles. The lowest BCUT2D eigenvalue weighted by Gasteiger charge is -2.31. The van der Waals surface area contributed by atoms with Gasteiger partial charge in [-0.05, 0) is 49.4 Å². The van der Waals surface area contributed by atoms with Crippen molar-refractivity contribution in [3.8, 4) is 5.75 Å². The molecule has 1 aliphatic carbocycles. The molecule has 6 heteroatoms. The Morgan fingerprint density at radius 3 is 2.39 bits per heavy atom. The van der Waals surface area contributed by atoms with Crippen molar-refractivity contribution in [1.29, 1.82) is 0 Å². The number of methoxy groups -OCH3 is 1. The van der Waals surface area contributed by atoms with Crippen LogP contribution in [0.5, 0.6) is 5.75 Å². The van der Waals surface area contributed by atoms with E-state index >= 15 is 0 Å². The van der Waals surface area contributed by atoms with E-state index in [1.807, 2.05) is 49.4 Å². The summed E-state index contributed by atoms with van der Waals surface area (Å²) in [4.78, 5) is 28.0. The molecule has 0 radical (unpaired) electrons. The number of ether oxygens (including phenoxy) is 1. The summed E-state index contributed by atoms with van der Waals surface area (Å²) in [5.74, 6) is 1.89. The quantitative estimate of drug-likeness (QED) is 0.513. The molecule has 1 fully saturated rings. The second-order valence-corrected chi connectivity index (χ2v) is 9.67. The van der Waals surface area contributed by atoms with Crippen LogP contribution in [0.4, 0.5) is 0 Å². The molecule has 2 amide bonds. The van der Waals surface area contributed by atoms with Crippen molar-refractivity contribution in [1.82, 2.24) is 10.2 Å². The lowest BCUT2D eigenvalue weighted by Crippen LogP contribution is -2.51. The fraction of sp³-hybridized carbons (Fsp3) is 0.481. The third kappa shape index (κ3) is 8.11. The number of hydrogen-bond acceptors (Lipinski definition) is 4. The number of nitrogens with one attached hydrogen (secondary N) is 1. The Kier molecular flexibility index (Phi) is 10.1. The fourth-order valence-corrected chi connectivity index (χ4v) is 5.07. The van der Waals surface area contributed by atoms with Crippen LogP contribution in [0, 0.1) is 0 Å². The highest BCUT2D eigenvalue weighted by Crippen LogP contribution is 2.19. The van der Waals surface area contributed by atoms with Gasteiger partial charge in [0.1, 0.15) is 11.8 Å². The maximum absolute atomic E-state index is 13.2. The third-order valence-corrected chi connectivity index (χ3v) is 7.24. The molecule has 1 atom stereocenters. The zero-order chi connectivity index (χ0) is 23.5. The van der Waals surface area contributed by atoms with Crippen molar-refractivity contribution in [2.24, 2.45) is 0 Å². The van der Waals surface area contributed by atoms with Crippen LogP contribution in [0.2, 0.25) is 0 Å². The Hall–Kier alpha value is -2.47. The van der Waals surface area contributed by atoms with Crippen LogP contribution in [0.1, 0.15) is 50.2 Å². The summed E-state index contributed by atoms with van der Waals surface area (Å²) < 4.78 is 5.20. The highest BCUT2D eigenvalue weighted by Gasteiger charge is 2.27. The predicted octanol–water partition coefficient (Wildman–Crippen LogP) is 4.84. The van der Waals surface area contributed by atoms with Crippen molar-refractivity contribution < 1.29 is 14.3 Å². The Labute approximate surface area is 202 Å². The lowest BCUT2D eigenvalue weighted by atomic mass is 9.95. The van der Waals surface area contributed by atoms with Gasteiger partial charge in [-0.2, -0.15) is 0 Å². The van der Waals surface area contributed by atoms with Crippen LogP contribution in [-0.4, -0.2) is 48.2 Å². The Morgan fingerprint density at radius 1 is 1.03 bits per heavy atom. The van der Waals surface area contributed by atoms with Crippen molar-refractivity contribution in [2.45, 2.75) is 63.3 Å². The van der Waals surface area contributed by atoms with Crippen LogP contribution in [0.25, 0.3) is 0 Å². The van der Waals surface area contributed by atoms with Gasteiger partial charge in [0.15, 0.2) is 0 Å². The van der Waals surface area contributed by atoms with Gasteiger partial charge < -0.3 is 15.0 Å². The third-order valence-electron chi connectivity index (χ3n) is 6.26. The van der Waals surface area contributed by atoms with Gasteiger partial charge in [-0.25, -0.2) is 0 Å². The maximum Gasteiger partial charge on any atom is 0.242 e. The minimum atomic E-state index is -0.482. The molecule has 3 rings (SSSR count). The Bertz CT molecular complexity index is 867. The normalized spacial score (nSPS) is 15.0. The van der Waals surface area contributed by atoms with E-state index in [-0.39, 0.29) is 17.9 Å². The van der Waals surface area contributed by atoms with Crippen molar-refractivity contribution in [3.05, 3.63) is 65.7 Å². The van der Waals surface area contributed by atoms with E-state index in [0.29, 0.717) is 12.3 Å². The van der Waals surface area contributed by atoms with Crippen LogP contribution in [0.15, 0.2) is 54.6 Å². The van der Waals surface area contributed by atoms with Crippen molar-refractivity contribution in [3.63, 3.8) is 0 Å². The number of benzene rings is 2. The summed E-state index contributed by atoms with van der Waals surface area (Å²) in [5.41, 5.74) is 2.31. The number of rotatable bonds is 11. The van der Waals surface area contributed by atoms with Gasteiger partial charge >= 0.3 is 0 Å². The molecule has 2 aromatic rings. The zero-order valence-corrected chi connectivity index (χ0v) is 20.6. The number of amides is 2. The molecular formula is C27H36N2O3S. The molecule has 0 saturated heterocycles. The largest absolute Gasteiger partial charge is 0.497 e. The molecular weight excluding hydrogens is 432 g/mol. The van der Waals surface area contributed by atoms with E-state index < -0.39 is 6.04 Å². The first-order valence-electron chi connectivity index (χ1n) is 11.9. The molecule has 1 aliphatic rings. The van der Waals surface area contributed by atoms with E-state index in [0.717, 1.165) is 49.2 Å². The average molecular weight is 469 g/mol. The van der Waals surface area contributed by atoms with E-state index in [1.54, 1.807) is 23.8 Å². The van der Waals surface area contributed by atoms with Gasteiger partial charge in [-0.3, -0.25) is 9.59 Å². The maximum atomic E-state index is 13.2. The molecule has 0 aromatic heterocycles. The van der Waals surface area contributed by atoms with E-state index in [9.17, 15) is 9.59 Å². The van der Waals surface area contributed by atoms with Crippen LogP contribution < -0.4 is 10.1 Å². The Balaban J connectivity index is 1.58. The zero-order valence-electron chi connectivity index (χ0n) is 19.8. The average Bonchev–Trinajstić information content (AvgIpc) is 2.85. The van der Waals surface area contributed by atoms with E-state index in [2.05, 4.69) is 17.4 Å². The molecule has 1 N–H and O–H groups in total. The molecule has 5 nitrogen and oxygen atoms in total. The van der Waals surface area contributed by atoms with Gasteiger partial charge in [-0.1, -0.05) is 61.7 Å². The minimum absolute atomic E-state index is 0.00994. The topological polar surface area (TPSA) is 58.6 Å². The first kappa shape index (κ1) is 25.2. The van der Waals surface area contributed by atoms with Gasteiger partial charge in [0.25, 0.3) is 0 Å². The van der Waals surface area contributed by atoms with Gasteiger partial charge in [-0.15, -0.1) is 11.8 Å². The van der Waals surface area contributed by atoms with E-state index in [1.165, 1.54) is 12.0 Å². The minimum Gasteiger partial charge on any atom is -0.497 e. The van der Waals surface area contributed by atoms with Gasteiger partial charge in [0.2, 0.25) is 11.8 Å². The van der Waals surface area contributed by atoms with Crippen LogP contribution in [0.3, 0.4) is 0 Å². The van der Waals surface area contributed by atoms with Crippen LogP contribution >= 0.6 is 11.8 Å². The molecule has 0 bridgehead atoms. The molecule has 33 heavy (non-hydrogen) atoms. The number of thioether (sulfide) groups is 1. The van der Waals surface area contributed by atoms with E-state index in [4.69, 9.17) is 4.74 Å². The molecule has 1 saturated carbocycles. The molecule has 0 spiro atoms. The molecule has 0 unspecified atom stereocenters. The predicted molar refractivity (Wildman–Crippen MR) is 135 cm³/mol. The second-order valence-electron chi connectivity index (χ2n) is 8.68. The summed E-state index contributed by atoms with van der Waals surface area (Å²) in [6, 6.07) is 17.8. The highest BCUT2D eigenvalue weighted by atomic mass is 32.2. The number of hydrogen-bond donors (Lipinski definition) is 1. The summed E-state index contributed by atoms with van der Waals surface area (Å²) in [6.07, 6.45) is 6.38. The number of carbonyl (C=O) groups is 2. The van der Waals surface area contributed by atoms with Crippen LogP contribution in [-0.2, 0) is 21.8 Å². The fourth-order valence-electron chi connectivity index (χ4n) is 4.20. The first-order chi connectivity index (χ1) is 16.1. The smallest absolute Gasteiger partial charge is 0.242 e. The summed E-state index contributed by atoms with van der Waals surface area (Å²) in [6.45, 7) is 2.39. The first-order valence-corrected chi connectivity index (χ1v) is 13.1. The molecule has 0 aliphatic heterocycles. The van der Waals surface area contributed by atoms with Crippen molar-refractivity contribution in [2.75, 3.05) is 19.4 Å². The second kappa shape index (κ2) is 13.3. The number of nitrogens with zero attached hydrogens (tertiary/aromatic N) is 1. The Morgan fingerprint density at radius 2 is 1.73 bits per heavy atom. The van der Waals surface area contributed by atoms with Gasteiger partial charge in [0, 0.05) is 18.3 Å². The summed E-state index contributed by atoms with van der Waals surface area (Å²) >= 11 is 1.58. The standard InChI is InChI=1S/C27H36N2O3S/c1-21(27(31)28-24-11-7-4-8-12-24)29(18-17-22-9-5-3-6-10-22)26(30)20-33-19-23-13-15-25(32-2)16-14-23/h3,5-6,9-10,13-16,21,24H,4,7-8,11-12,17-20H2,1-2H3,(H,28,31)/t21-/m1/s1. The summed E-state index contributed by atoms with van der Waals surface area (Å²) in [5, 5.41) is 3.19. The summed E-state index contributed by atoms with van der Waals surface area (Å²) in [7, 11) is 1.65. The van der Waals surface area contributed by atoms with Crippen molar-refractivity contribution >= 4 is 23.6 Å².